The van der Waals surface area contributed by atoms with E-state index in [1.54, 1.807) is 0 Å². The lowest BCUT2D eigenvalue weighted by Crippen LogP contribution is -2.19. The molecule has 0 aliphatic heterocycles. The lowest BCUT2D eigenvalue weighted by Gasteiger charge is -2.19. The van der Waals surface area contributed by atoms with Gasteiger partial charge in [0.2, 0.25) is 0 Å². The van der Waals surface area contributed by atoms with Gasteiger partial charge in [-0.1, -0.05) is 23.7 Å². The number of hydrogen-bond acceptors (Lipinski definition) is 2. The van der Waals surface area contributed by atoms with E-state index >= 15 is 0 Å². The summed E-state index contributed by atoms with van der Waals surface area (Å²) in [4.78, 5) is 10.9. The minimum absolute atomic E-state index is 0.0740. The molecule has 0 radical (unpaired) electrons. The Hall–Kier alpha value is -2.75. The Morgan fingerprint density at radius 2 is 1.73 bits per heavy atom. The molecule has 0 aromatic heterocycles. The summed E-state index contributed by atoms with van der Waals surface area (Å²) in [6.45, 7) is 0. The van der Waals surface area contributed by atoms with Crippen LogP contribution in [0.4, 0.5) is 30.7 Å². The summed E-state index contributed by atoms with van der Waals surface area (Å²) in [7, 11) is 1.24. The molecule has 0 heterocycles. The van der Waals surface area contributed by atoms with Crippen LogP contribution in [0.5, 0.6) is 5.75 Å². The second-order valence-electron chi connectivity index (χ2n) is 5.99. The third kappa shape index (κ3) is 5.24. The normalized spacial score (nSPS) is 13.8. The van der Waals surface area contributed by atoms with Crippen LogP contribution < -0.4 is 4.74 Å². The van der Waals surface area contributed by atoms with Gasteiger partial charge < -0.3 is 9.84 Å². The summed E-state index contributed by atoms with van der Waals surface area (Å²) in [5, 5.41) is 8.67. The molecule has 1 unspecified atom stereocenters. The number of carboxylic acids is 1. The van der Waals surface area contributed by atoms with Crippen LogP contribution in [0.15, 0.2) is 42.5 Å². The van der Waals surface area contributed by atoms with Gasteiger partial charge in [0.05, 0.1) is 23.3 Å². The molecule has 0 amide bonds. The molecule has 11 heteroatoms. The predicted octanol–water partition coefficient (Wildman–Crippen LogP) is 6.72. The number of halogens is 8. The highest BCUT2D eigenvalue weighted by molar-refractivity contribution is 6.32. The topological polar surface area (TPSA) is 46.5 Å². The van der Waals surface area contributed by atoms with Crippen LogP contribution >= 0.6 is 11.6 Å². The van der Waals surface area contributed by atoms with Gasteiger partial charge in [-0.3, -0.25) is 0 Å². The Kier molecular flexibility index (Phi) is 6.70. The summed E-state index contributed by atoms with van der Waals surface area (Å²) < 4.78 is 99.1. The van der Waals surface area contributed by atoms with E-state index < -0.39 is 52.3 Å². The SMILES string of the molecule is COc1ccc(C(C=C(F)c2ccc(C(=O)O)c(C(F)(F)F)c2)C(F)(F)F)cc1Cl. The average Bonchev–Trinajstić information content (AvgIpc) is 2.63. The minimum atomic E-state index is -5.16. The van der Waals surface area contributed by atoms with E-state index in [1.807, 2.05) is 0 Å². The monoisotopic (exact) mass is 456 g/mol. The maximum absolute atomic E-state index is 14.5. The number of hydrogen-bond donors (Lipinski definition) is 1. The molecular weight excluding hydrogens is 445 g/mol. The Bertz CT molecular complexity index is 981. The summed E-state index contributed by atoms with van der Waals surface area (Å²) in [5.41, 5.74) is -4.18. The zero-order chi connectivity index (χ0) is 22.9. The second-order valence-corrected chi connectivity index (χ2v) is 6.40. The second kappa shape index (κ2) is 8.55. The number of benzene rings is 2. The molecule has 0 aliphatic carbocycles. The van der Waals surface area contributed by atoms with Crippen molar-refractivity contribution in [3.8, 4) is 5.75 Å². The van der Waals surface area contributed by atoms with Crippen molar-refractivity contribution in [3.63, 3.8) is 0 Å². The molecule has 2 aromatic carbocycles. The van der Waals surface area contributed by atoms with E-state index in [0.717, 1.165) is 18.2 Å². The maximum atomic E-state index is 14.5. The summed E-state index contributed by atoms with van der Waals surface area (Å²) in [5.74, 6) is -6.00. The molecule has 0 spiro atoms. The molecule has 2 aromatic rings. The van der Waals surface area contributed by atoms with Crippen molar-refractivity contribution >= 4 is 23.4 Å². The quantitative estimate of drug-likeness (QED) is 0.508. The van der Waals surface area contributed by atoms with E-state index in [2.05, 4.69) is 0 Å². The molecule has 3 nitrogen and oxygen atoms in total. The van der Waals surface area contributed by atoms with Crippen LogP contribution in [-0.2, 0) is 6.18 Å². The number of alkyl halides is 6. The van der Waals surface area contributed by atoms with Crippen molar-refractivity contribution in [2.75, 3.05) is 7.11 Å². The Labute approximate surface area is 170 Å². The molecule has 2 rings (SSSR count). The Morgan fingerprint density at radius 1 is 1.10 bits per heavy atom. The molecule has 0 saturated heterocycles. The van der Waals surface area contributed by atoms with Gasteiger partial charge in [-0.2, -0.15) is 26.3 Å². The van der Waals surface area contributed by atoms with Crippen molar-refractivity contribution in [1.29, 1.82) is 0 Å². The number of carbonyl (C=O) groups is 1. The standard InChI is InChI=1S/C19H12ClF7O3/c1-30-16-5-3-9(7-14(16)20)12(18(22,23)24)8-15(21)10-2-4-11(17(28)29)13(6-10)19(25,26)27/h2-8,12H,1H3,(H,28,29). The highest BCUT2D eigenvalue weighted by Gasteiger charge is 2.40. The van der Waals surface area contributed by atoms with E-state index in [-0.39, 0.29) is 22.9 Å². The number of carboxylic acid groups (broad SMARTS) is 1. The molecule has 30 heavy (non-hydrogen) atoms. The lowest BCUT2D eigenvalue weighted by molar-refractivity contribution is -0.140. The molecule has 162 valence electrons. The zero-order valence-electron chi connectivity index (χ0n) is 14.9. The fourth-order valence-electron chi connectivity index (χ4n) is 2.61. The van der Waals surface area contributed by atoms with Crippen molar-refractivity contribution in [1.82, 2.24) is 0 Å². The van der Waals surface area contributed by atoms with Crippen molar-refractivity contribution in [2.45, 2.75) is 18.3 Å². The lowest BCUT2D eigenvalue weighted by atomic mass is 9.95. The molecule has 0 fully saturated rings. The van der Waals surface area contributed by atoms with Gasteiger partial charge in [0.1, 0.15) is 17.5 Å². The van der Waals surface area contributed by atoms with Crippen molar-refractivity contribution in [3.05, 3.63) is 69.8 Å². The average molecular weight is 457 g/mol. The van der Waals surface area contributed by atoms with E-state index in [4.69, 9.17) is 21.4 Å². The fourth-order valence-corrected chi connectivity index (χ4v) is 2.88. The van der Waals surface area contributed by atoms with Gasteiger partial charge in [0, 0.05) is 5.56 Å². The minimum Gasteiger partial charge on any atom is -0.495 e. The van der Waals surface area contributed by atoms with Crippen LogP contribution in [0, 0.1) is 0 Å². The van der Waals surface area contributed by atoms with Gasteiger partial charge in [0.25, 0.3) is 0 Å². The van der Waals surface area contributed by atoms with Gasteiger partial charge in [0.15, 0.2) is 0 Å². The third-order valence-electron chi connectivity index (χ3n) is 4.03. The van der Waals surface area contributed by atoms with Crippen molar-refractivity contribution < 1.29 is 45.4 Å². The number of allylic oxidation sites excluding steroid dienone is 1. The first kappa shape index (κ1) is 23.5. The van der Waals surface area contributed by atoms with Gasteiger partial charge in [-0.15, -0.1) is 0 Å². The smallest absolute Gasteiger partial charge is 0.417 e. The molecule has 0 saturated carbocycles. The highest BCUT2D eigenvalue weighted by atomic mass is 35.5. The first-order chi connectivity index (χ1) is 13.8. The first-order valence-corrected chi connectivity index (χ1v) is 8.36. The highest BCUT2D eigenvalue weighted by Crippen LogP contribution is 2.41. The van der Waals surface area contributed by atoms with Gasteiger partial charge >= 0.3 is 18.3 Å². The van der Waals surface area contributed by atoms with Crippen LogP contribution in [0.1, 0.15) is 33.0 Å². The van der Waals surface area contributed by atoms with Crippen LogP contribution in [0.2, 0.25) is 5.02 Å². The van der Waals surface area contributed by atoms with Crippen LogP contribution in [0.3, 0.4) is 0 Å². The summed E-state index contributed by atoms with van der Waals surface area (Å²) in [6.07, 6.45) is -10.1. The molecule has 1 atom stereocenters. The summed E-state index contributed by atoms with van der Waals surface area (Å²) in [6, 6.07) is 4.29. The number of rotatable bonds is 5. The Balaban J connectivity index is 2.57. The summed E-state index contributed by atoms with van der Waals surface area (Å²) >= 11 is 5.81. The van der Waals surface area contributed by atoms with E-state index in [1.165, 1.54) is 7.11 Å². The maximum Gasteiger partial charge on any atom is 0.417 e. The van der Waals surface area contributed by atoms with Crippen LogP contribution in [-0.4, -0.2) is 24.4 Å². The number of aromatic carboxylic acids is 1. The molecule has 0 bridgehead atoms. The number of methoxy groups -OCH3 is 1. The zero-order valence-corrected chi connectivity index (χ0v) is 15.7. The van der Waals surface area contributed by atoms with Crippen molar-refractivity contribution in [2.24, 2.45) is 0 Å². The first-order valence-electron chi connectivity index (χ1n) is 7.98. The van der Waals surface area contributed by atoms with Gasteiger partial charge in [-0.05, 0) is 35.9 Å². The molecule has 0 aliphatic rings. The largest absolute Gasteiger partial charge is 0.495 e. The van der Waals surface area contributed by atoms with Gasteiger partial charge in [-0.25, -0.2) is 9.18 Å². The predicted molar refractivity (Wildman–Crippen MR) is 94.3 cm³/mol. The fraction of sp³-hybridized carbons (Fsp3) is 0.211. The molecular formula is C19H12ClF7O3. The number of ether oxygens (including phenoxy) is 1. The molecule has 1 N–H and O–H groups in total. The van der Waals surface area contributed by atoms with E-state index in [9.17, 15) is 35.5 Å². The third-order valence-corrected chi connectivity index (χ3v) is 4.33. The van der Waals surface area contributed by atoms with Crippen LogP contribution in [0.25, 0.3) is 5.83 Å². The Morgan fingerprint density at radius 3 is 2.20 bits per heavy atom. The van der Waals surface area contributed by atoms with E-state index in [0.29, 0.717) is 12.1 Å².